The van der Waals surface area contributed by atoms with Crippen LogP contribution in [0.5, 0.6) is 0 Å². The molecule has 1 fully saturated rings. The molecule has 3 aromatic carbocycles. The molecule has 220 valence electrons. The van der Waals surface area contributed by atoms with Crippen LogP contribution in [0.25, 0.3) is 0 Å². The number of carbonyl (C=O) groups is 1. The van der Waals surface area contributed by atoms with Gasteiger partial charge in [0.2, 0.25) is 5.91 Å². The number of hydrogen-bond acceptors (Lipinski definition) is 4. The number of carbonyl (C=O) groups excluding carboxylic acids is 1. The molecule has 3 aromatic rings. The molecule has 0 aliphatic carbocycles. The van der Waals surface area contributed by atoms with Gasteiger partial charge < -0.3 is 19.3 Å². The molecule has 1 aliphatic heterocycles. The van der Waals surface area contributed by atoms with Crippen LogP contribution in [0.3, 0.4) is 0 Å². The van der Waals surface area contributed by atoms with Crippen LogP contribution in [-0.4, -0.2) is 62.6 Å². The largest absolute Gasteiger partial charge is 0.416 e. The van der Waals surface area contributed by atoms with Gasteiger partial charge in [-0.15, -0.1) is 0 Å². The van der Waals surface area contributed by atoms with Crippen molar-refractivity contribution in [1.82, 2.24) is 4.90 Å². The number of piperazine rings is 1. The maximum Gasteiger partial charge on any atom is 0.416 e. The summed E-state index contributed by atoms with van der Waals surface area (Å²) in [5.41, 5.74) is -0.387. The van der Waals surface area contributed by atoms with E-state index in [4.69, 9.17) is 4.43 Å². The highest BCUT2D eigenvalue weighted by molar-refractivity contribution is 6.99. The number of anilines is 1. The summed E-state index contributed by atoms with van der Waals surface area (Å²) in [5.74, 6) is -0.224. The third-order valence-corrected chi connectivity index (χ3v) is 13.1. The Labute approximate surface area is 241 Å². The van der Waals surface area contributed by atoms with E-state index in [2.05, 4.69) is 45.0 Å². The van der Waals surface area contributed by atoms with Gasteiger partial charge in [0.1, 0.15) is 6.04 Å². The second kappa shape index (κ2) is 12.4. The maximum atomic E-state index is 13.5. The molecule has 41 heavy (non-hydrogen) atoms. The second-order valence-electron chi connectivity index (χ2n) is 11.6. The Kier molecular flexibility index (Phi) is 9.31. The van der Waals surface area contributed by atoms with Crippen molar-refractivity contribution < 1.29 is 27.5 Å². The zero-order chi connectivity index (χ0) is 29.8. The molecule has 1 aliphatic rings. The monoisotopic (exact) mass is 584 g/mol. The van der Waals surface area contributed by atoms with Crippen molar-refractivity contribution in [2.24, 2.45) is 0 Å². The molecule has 2 atom stereocenters. The Hall–Kier alpha value is -3.14. The van der Waals surface area contributed by atoms with Crippen LogP contribution in [0.15, 0.2) is 84.9 Å². The molecule has 1 heterocycles. The Balaban J connectivity index is 1.52. The summed E-state index contributed by atoms with van der Waals surface area (Å²) in [6, 6.07) is 24.5. The van der Waals surface area contributed by atoms with Crippen LogP contribution in [0.1, 0.15) is 39.7 Å². The zero-order valence-corrected chi connectivity index (χ0v) is 25.1. The molecule has 1 amide bonds. The smallest absolute Gasteiger partial charge is 0.407 e. The van der Waals surface area contributed by atoms with Crippen molar-refractivity contribution in [3.05, 3.63) is 90.5 Å². The number of rotatable bonds is 9. The van der Waals surface area contributed by atoms with Gasteiger partial charge in [0.05, 0.1) is 18.2 Å². The first-order valence-corrected chi connectivity index (χ1v) is 15.9. The van der Waals surface area contributed by atoms with E-state index in [0.717, 1.165) is 22.5 Å². The average Bonchev–Trinajstić information content (AvgIpc) is 2.95. The van der Waals surface area contributed by atoms with E-state index in [9.17, 15) is 23.1 Å². The minimum absolute atomic E-state index is 0.203. The van der Waals surface area contributed by atoms with Gasteiger partial charge in [0.15, 0.2) is 0 Å². The van der Waals surface area contributed by atoms with Gasteiger partial charge in [-0.05, 0) is 47.0 Å². The third-order valence-electron chi connectivity index (χ3n) is 8.03. The van der Waals surface area contributed by atoms with Crippen LogP contribution in [0, 0.1) is 0 Å². The Bertz CT molecular complexity index is 1260. The molecule has 4 rings (SSSR count). The van der Waals surface area contributed by atoms with Gasteiger partial charge in [-0.2, -0.15) is 13.2 Å². The molecule has 0 bridgehead atoms. The van der Waals surface area contributed by atoms with E-state index in [0.29, 0.717) is 31.8 Å². The predicted octanol–water partition coefficient (Wildman–Crippen LogP) is 5.07. The summed E-state index contributed by atoms with van der Waals surface area (Å²) in [6.07, 6.45) is -4.03. The van der Waals surface area contributed by atoms with E-state index in [1.807, 2.05) is 36.4 Å². The molecule has 2 unspecified atom stereocenters. The van der Waals surface area contributed by atoms with Crippen molar-refractivity contribution in [3.8, 4) is 0 Å². The van der Waals surface area contributed by atoms with Gasteiger partial charge in [-0.25, -0.2) is 0 Å². The molecule has 0 saturated carbocycles. The molecule has 0 radical (unpaired) electrons. The lowest BCUT2D eigenvalue weighted by atomic mass is 10.1. The summed E-state index contributed by atoms with van der Waals surface area (Å²) < 4.78 is 46.8. The maximum absolute atomic E-state index is 13.5. The molecule has 1 saturated heterocycles. The fourth-order valence-corrected chi connectivity index (χ4v) is 10.5. The van der Waals surface area contributed by atoms with Gasteiger partial charge in [0, 0.05) is 25.4 Å². The van der Waals surface area contributed by atoms with Crippen LogP contribution < -0.4 is 15.3 Å². The zero-order valence-electron chi connectivity index (χ0n) is 24.1. The highest BCUT2D eigenvalue weighted by Gasteiger charge is 2.50. The summed E-state index contributed by atoms with van der Waals surface area (Å²) >= 11 is 0. The SMILES string of the molecule is CC1C(=O)N(C(CO)CCO[Si](c2ccccc2)(c2ccccc2)C(C)(C)C)CCN1c1cccc(C(F)(F)F)c1. The van der Waals surface area contributed by atoms with E-state index in [1.165, 1.54) is 6.07 Å². The van der Waals surface area contributed by atoms with Crippen LogP contribution in [0.2, 0.25) is 5.04 Å². The number of benzene rings is 3. The molecule has 9 heteroatoms. The van der Waals surface area contributed by atoms with Crippen LogP contribution in [-0.2, 0) is 15.4 Å². The lowest BCUT2D eigenvalue weighted by Crippen LogP contribution is -2.67. The number of nitrogens with zero attached hydrogens (tertiary/aromatic N) is 2. The Morgan fingerprint density at radius 3 is 2.02 bits per heavy atom. The molecule has 1 N–H and O–H groups in total. The number of amides is 1. The summed E-state index contributed by atoms with van der Waals surface area (Å²) in [6.45, 7) is 9.05. The lowest BCUT2D eigenvalue weighted by Gasteiger charge is -2.45. The number of hydrogen-bond donors (Lipinski definition) is 1. The van der Waals surface area contributed by atoms with Crippen LogP contribution >= 0.6 is 0 Å². The van der Waals surface area contributed by atoms with Crippen molar-refractivity contribution in [2.45, 2.75) is 57.4 Å². The van der Waals surface area contributed by atoms with Gasteiger partial charge in [-0.3, -0.25) is 4.79 Å². The van der Waals surface area contributed by atoms with E-state index in [1.54, 1.807) is 22.8 Å². The minimum Gasteiger partial charge on any atom is -0.407 e. The van der Waals surface area contributed by atoms with Crippen molar-refractivity contribution >= 4 is 30.3 Å². The summed E-state index contributed by atoms with van der Waals surface area (Å²) in [5, 5.41) is 12.4. The molecule has 5 nitrogen and oxygen atoms in total. The first kappa shape index (κ1) is 30.8. The van der Waals surface area contributed by atoms with Gasteiger partial charge in [-0.1, -0.05) is 87.5 Å². The number of aliphatic hydroxyl groups excluding tert-OH is 1. The van der Waals surface area contributed by atoms with Crippen LogP contribution in [0.4, 0.5) is 18.9 Å². The highest BCUT2D eigenvalue weighted by atomic mass is 28.4. The lowest BCUT2D eigenvalue weighted by molar-refractivity contribution is -0.137. The highest BCUT2D eigenvalue weighted by Crippen LogP contribution is 2.37. The number of aliphatic hydroxyl groups is 1. The summed E-state index contributed by atoms with van der Waals surface area (Å²) in [4.78, 5) is 16.8. The number of alkyl halides is 3. The van der Waals surface area contributed by atoms with Crippen molar-refractivity contribution in [3.63, 3.8) is 0 Å². The normalized spacial score (nSPS) is 17.6. The van der Waals surface area contributed by atoms with E-state index >= 15 is 0 Å². The standard InChI is InChI=1S/C32H39F3N2O3Si/c1-24-30(39)37(20-19-36(24)26-13-11-12-25(22-26)32(33,34)35)27(23-38)18-21-40-41(31(2,3)4,28-14-7-5-8-15-28)29-16-9-6-10-17-29/h5-17,22,24,27,38H,18-21,23H2,1-4H3. The fourth-order valence-electron chi connectivity index (χ4n) is 5.92. The summed E-state index contributed by atoms with van der Waals surface area (Å²) in [7, 11) is -2.77. The van der Waals surface area contributed by atoms with Crippen molar-refractivity contribution in [2.75, 3.05) is 31.2 Å². The molecular weight excluding hydrogens is 545 g/mol. The molecule has 0 spiro atoms. The van der Waals surface area contributed by atoms with Gasteiger partial charge >= 0.3 is 6.18 Å². The molecule has 0 aromatic heterocycles. The predicted molar refractivity (Wildman–Crippen MR) is 159 cm³/mol. The average molecular weight is 585 g/mol. The number of halogens is 3. The first-order valence-electron chi connectivity index (χ1n) is 14.0. The van der Waals surface area contributed by atoms with Gasteiger partial charge in [0.25, 0.3) is 8.32 Å². The van der Waals surface area contributed by atoms with E-state index < -0.39 is 32.1 Å². The topological polar surface area (TPSA) is 53.0 Å². The minimum atomic E-state index is -4.46. The molecular formula is C32H39F3N2O3Si. The van der Waals surface area contributed by atoms with E-state index in [-0.39, 0.29) is 17.6 Å². The quantitative estimate of drug-likeness (QED) is 0.357. The first-order chi connectivity index (χ1) is 19.4. The Morgan fingerprint density at radius 1 is 0.927 bits per heavy atom. The third kappa shape index (κ3) is 6.37. The second-order valence-corrected chi connectivity index (χ2v) is 15.9. The fraction of sp³-hybridized carbons (Fsp3) is 0.406. The van der Waals surface area contributed by atoms with Crippen molar-refractivity contribution in [1.29, 1.82) is 0 Å². The Morgan fingerprint density at radius 2 is 1.51 bits per heavy atom.